The molecule has 0 spiro atoms. The topological polar surface area (TPSA) is 58.6 Å². The van der Waals surface area contributed by atoms with Crippen LogP contribution in [0.15, 0.2) is 48.5 Å². The Labute approximate surface area is 130 Å². The highest BCUT2D eigenvalue weighted by Gasteiger charge is 2.27. The van der Waals surface area contributed by atoms with Crippen LogP contribution in [0.25, 0.3) is 0 Å². The Balaban J connectivity index is 1.78. The van der Waals surface area contributed by atoms with Crippen molar-refractivity contribution in [3.8, 4) is 0 Å². The fourth-order valence-electron chi connectivity index (χ4n) is 2.78. The van der Waals surface area contributed by atoms with E-state index in [0.717, 1.165) is 23.0 Å². The number of anilines is 1. The summed E-state index contributed by atoms with van der Waals surface area (Å²) in [5.74, 6) is -0.224. The SMILES string of the molecule is CCC(C(=O)Nc1ccc2c(c1)B(O)OC2)c1ccccc1. The molecule has 0 radical (unpaired) electrons. The summed E-state index contributed by atoms with van der Waals surface area (Å²) in [5.41, 5.74) is 3.38. The van der Waals surface area contributed by atoms with Gasteiger partial charge in [-0.15, -0.1) is 0 Å². The first-order chi connectivity index (χ1) is 10.7. The first-order valence-corrected chi connectivity index (χ1v) is 7.47. The van der Waals surface area contributed by atoms with Crippen molar-refractivity contribution in [3.05, 3.63) is 59.7 Å². The van der Waals surface area contributed by atoms with E-state index in [1.54, 1.807) is 6.07 Å². The minimum absolute atomic E-state index is 0.0398. The van der Waals surface area contributed by atoms with Gasteiger partial charge in [-0.2, -0.15) is 0 Å². The molecule has 0 saturated heterocycles. The molecule has 1 unspecified atom stereocenters. The predicted octanol–water partition coefficient (Wildman–Crippen LogP) is 2.04. The Bertz CT molecular complexity index is 675. The Morgan fingerprint density at radius 3 is 2.82 bits per heavy atom. The van der Waals surface area contributed by atoms with Gasteiger partial charge in [-0.1, -0.05) is 43.3 Å². The Kier molecular flexibility index (Phi) is 4.27. The molecular weight excluding hydrogens is 277 g/mol. The summed E-state index contributed by atoms with van der Waals surface area (Å²) in [5, 5.41) is 12.7. The van der Waals surface area contributed by atoms with Gasteiger partial charge in [0.25, 0.3) is 0 Å². The molecular formula is C17H18BNO3. The molecule has 1 aliphatic heterocycles. The summed E-state index contributed by atoms with van der Waals surface area (Å²) >= 11 is 0. The zero-order valence-corrected chi connectivity index (χ0v) is 12.5. The lowest BCUT2D eigenvalue weighted by Crippen LogP contribution is -2.29. The van der Waals surface area contributed by atoms with Crippen LogP contribution in [0, 0.1) is 0 Å². The van der Waals surface area contributed by atoms with E-state index in [1.807, 2.05) is 49.4 Å². The molecule has 0 saturated carbocycles. The van der Waals surface area contributed by atoms with Crippen molar-refractivity contribution >= 4 is 24.2 Å². The summed E-state index contributed by atoms with van der Waals surface area (Å²) in [7, 11) is -0.900. The van der Waals surface area contributed by atoms with E-state index in [2.05, 4.69) is 5.32 Å². The van der Waals surface area contributed by atoms with Crippen LogP contribution in [0.4, 0.5) is 5.69 Å². The second-order valence-electron chi connectivity index (χ2n) is 5.44. The minimum Gasteiger partial charge on any atom is -0.423 e. The fraction of sp³-hybridized carbons (Fsp3) is 0.235. The van der Waals surface area contributed by atoms with Crippen LogP contribution in [0.2, 0.25) is 0 Å². The van der Waals surface area contributed by atoms with Gasteiger partial charge in [0, 0.05) is 5.69 Å². The molecule has 0 aromatic heterocycles. The number of fused-ring (bicyclic) bond motifs is 1. The van der Waals surface area contributed by atoms with Crippen molar-refractivity contribution in [3.63, 3.8) is 0 Å². The van der Waals surface area contributed by atoms with E-state index in [9.17, 15) is 9.82 Å². The largest absolute Gasteiger partial charge is 0.491 e. The van der Waals surface area contributed by atoms with E-state index in [0.29, 0.717) is 12.3 Å². The Morgan fingerprint density at radius 1 is 1.32 bits per heavy atom. The average Bonchev–Trinajstić information content (AvgIpc) is 2.90. The van der Waals surface area contributed by atoms with Gasteiger partial charge in [-0.05, 0) is 35.1 Å². The first-order valence-electron chi connectivity index (χ1n) is 7.47. The molecule has 2 N–H and O–H groups in total. The van der Waals surface area contributed by atoms with Crippen molar-refractivity contribution < 1.29 is 14.5 Å². The molecule has 1 amide bonds. The van der Waals surface area contributed by atoms with Crippen LogP contribution in [-0.2, 0) is 16.1 Å². The molecule has 4 nitrogen and oxygen atoms in total. The lowest BCUT2D eigenvalue weighted by atomic mass is 9.79. The zero-order valence-electron chi connectivity index (χ0n) is 12.5. The van der Waals surface area contributed by atoms with Gasteiger partial charge >= 0.3 is 7.12 Å². The summed E-state index contributed by atoms with van der Waals surface area (Å²) in [6.07, 6.45) is 0.729. The van der Waals surface area contributed by atoms with Crippen molar-refractivity contribution in [1.29, 1.82) is 0 Å². The number of carbonyl (C=O) groups is 1. The Hall–Kier alpha value is -2.11. The predicted molar refractivity (Wildman–Crippen MR) is 86.9 cm³/mol. The third kappa shape index (κ3) is 2.91. The fourth-order valence-corrected chi connectivity index (χ4v) is 2.78. The molecule has 0 bridgehead atoms. The maximum absolute atomic E-state index is 12.5. The molecule has 1 heterocycles. The van der Waals surface area contributed by atoms with Crippen molar-refractivity contribution in [2.24, 2.45) is 0 Å². The molecule has 5 heteroatoms. The van der Waals surface area contributed by atoms with Gasteiger partial charge in [0.2, 0.25) is 5.91 Å². The third-order valence-electron chi connectivity index (χ3n) is 4.00. The third-order valence-corrected chi connectivity index (χ3v) is 4.00. The number of rotatable bonds is 4. The number of hydrogen-bond acceptors (Lipinski definition) is 3. The number of hydrogen-bond donors (Lipinski definition) is 2. The second-order valence-corrected chi connectivity index (χ2v) is 5.44. The van der Waals surface area contributed by atoms with Crippen LogP contribution in [0.5, 0.6) is 0 Å². The van der Waals surface area contributed by atoms with E-state index in [-0.39, 0.29) is 11.8 Å². The quantitative estimate of drug-likeness (QED) is 0.849. The molecule has 112 valence electrons. The van der Waals surface area contributed by atoms with Gasteiger partial charge in [0.1, 0.15) is 0 Å². The average molecular weight is 295 g/mol. The van der Waals surface area contributed by atoms with E-state index >= 15 is 0 Å². The molecule has 2 aromatic rings. The van der Waals surface area contributed by atoms with E-state index in [4.69, 9.17) is 4.65 Å². The van der Waals surface area contributed by atoms with Crippen LogP contribution in [0.1, 0.15) is 30.4 Å². The number of benzene rings is 2. The minimum atomic E-state index is -0.900. The summed E-state index contributed by atoms with van der Waals surface area (Å²) in [6, 6.07) is 15.3. The Morgan fingerprint density at radius 2 is 2.09 bits per heavy atom. The number of nitrogens with one attached hydrogen (secondary N) is 1. The van der Waals surface area contributed by atoms with Crippen molar-refractivity contribution in [2.45, 2.75) is 25.9 Å². The molecule has 0 fully saturated rings. The molecule has 1 atom stereocenters. The summed E-state index contributed by atoms with van der Waals surface area (Å²) in [4.78, 5) is 12.5. The van der Waals surface area contributed by atoms with Crippen LogP contribution in [-0.4, -0.2) is 18.0 Å². The summed E-state index contributed by atoms with van der Waals surface area (Å²) < 4.78 is 5.16. The smallest absolute Gasteiger partial charge is 0.423 e. The number of amides is 1. The number of carbonyl (C=O) groups excluding carboxylic acids is 1. The first kappa shape index (κ1) is 14.8. The standard InChI is InChI=1S/C17H18BNO3/c1-2-15(12-6-4-3-5-7-12)17(20)19-14-9-8-13-11-22-18(21)16(13)10-14/h3-10,15,21H,2,11H2,1H3,(H,19,20). The van der Waals surface area contributed by atoms with Gasteiger partial charge < -0.3 is 15.0 Å². The maximum atomic E-state index is 12.5. The maximum Gasteiger partial charge on any atom is 0.491 e. The lowest BCUT2D eigenvalue weighted by Gasteiger charge is -2.16. The molecule has 3 rings (SSSR count). The zero-order chi connectivity index (χ0) is 15.5. The van der Waals surface area contributed by atoms with Crippen LogP contribution < -0.4 is 10.8 Å². The molecule has 22 heavy (non-hydrogen) atoms. The van der Waals surface area contributed by atoms with Crippen LogP contribution >= 0.6 is 0 Å². The molecule has 2 aromatic carbocycles. The molecule has 0 aliphatic carbocycles. The van der Waals surface area contributed by atoms with E-state index in [1.165, 1.54) is 0 Å². The van der Waals surface area contributed by atoms with Crippen molar-refractivity contribution in [1.82, 2.24) is 0 Å². The van der Waals surface area contributed by atoms with Gasteiger partial charge in [0.15, 0.2) is 0 Å². The van der Waals surface area contributed by atoms with Gasteiger partial charge in [-0.3, -0.25) is 4.79 Å². The highest BCUT2D eigenvalue weighted by Crippen LogP contribution is 2.22. The lowest BCUT2D eigenvalue weighted by molar-refractivity contribution is -0.117. The van der Waals surface area contributed by atoms with Crippen molar-refractivity contribution in [2.75, 3.05) is 5.32 Å². The van der Waals surface area contributed by atoms with Crippen LogP contribution in [0.3, 0.4) is 0 Å². The monoisotopic (exact) mass is 295 g/mol. The molecule has 1 aliphatic rings. The summed E-state index contributed by atoms with van der Waals surface area (Å²) in [6.45, 7) is 2.41. The highest BCUT2D eigenvalue weighted by atomic mass is 16.5. The highest BCUT2D eigenvalue weighted by molar-refractivity contribution is 6.61. The van der Waals surface area contributed by atoms with E-state index < -0.39 is 7.12 Å². The normalized spacial score (nSPS) is 14.5. The second kappa shape index (κ2) is 6.34. The van der Waals surface area contributed by atoms with Gasteiger partial charge in [-0.25, -0.2) is 0 Å². The van der Waals surface area contributed by atoms with Gasteiger partial charge in [0.05, 0.1) is 12.5 Å².